The van der Waals surface area contributed by atoms with Crippen molar-refractivity contribution in [2.45, 2.75) is 18.9 Å². The Balaban J connectivity index is 1.72. The zero-order valence-corrected chi connectivity index (χ0v) is 15.1. The van der Waals surface area contributed by atoms with Crippen LogP contribution < -0.4 is 10.5 Å². The molecule has 29 heavy (non-hydrogen) atoms. The average molecular weight is 393 g/mol. The number of halogens is 1. The number of hydrogen-bond donors (Lipinski definition) is 2. The number of nitrogens with two attached hydrogens (primary N) is 1. The van der Waals surface area contributed by atoms with Crippen LogP contribution in [0.1, 0.15) is 17.7 Å². The minimum Gasteiger partial charge on any atom is -0.481 e. The van der Waals surface area contributed by atoms with E-state index in [1.807, 2.05) is 0 Å². The lowest BCUT2D eigenvalue weighted by atomic mass is 10.1. The molecule has 0 aliphatic heterocycles. The molecule has 1 unspecified atom stereocenters. The number of aliphatic carboxylic acids is 1. The van der Waals surface area contributed by atoms with E-state index in [0.29, 0.717) is 17.1 Å². The van der Waals surface area contributed by atoms with Gasteiger partial charge in [-0.15, -0.1) is 0 Å². The number of hydrogen-bond acceptors (Lipinski definition) is 7. The quantitative estimate of drug-likeness (QED) is 0.625. The summed E-state index contributed by atoms with van der Waals surface area (Å²) < 4.78 is 19.3. The van der Waals surface area contributed by atoms with Gasteiger partial charge in [0.25, 0.3) is 5.88 Å². The molecule has 0 fully saturated rings. The summed E-state index contributed by atoms with van der Waals surface area (Å²) in [6, 6.07) is 8.99. The highest BCUT2D eigenvalue weighted by atomic mass is 19.1. The molecular formula is C20H16FN5O3. The number of benzene rings is 1. The van der Waals surface area contributed by atoms with E-state index in [1.165, 1.54) is 6.20 Å². The summed E-state index contributed by atoms with van der Waals surface area (Å²) in [5, 5.41) is 17.5. The average Bonchev–Trinajstić information content (AvgIpc) is 2.69. The van der Waals surface area contributed by atoms with Crippen molar-refractivity contribution in [1.29, 1.82) is 5.26 Å². The van der Waals surface area contributed by atoms with Crippen molar-refractivity contribution in [1.82, 2.24) is 15.0 Å². The zero-order chi connectivity index (χ0) is 20.8. The summed E-state index contributed by atoms with van der Waals surface area (Å²) in [4.78, 5) is 23.1. The Morgan fingerprint density at radius 1 is 1.28 bits per heavy atom. The third-order valence-corrected chi connectivity index (χ3v) is 3.89. The van der Waals surface area contributed by atoms with Crippen molar-refractivity contribution in [2.24, 2.45) is 5.73 Å². The maximum absolute atomic E-state index is 13.9. The van der Waals surface area contributed by atoms with Gasteiger partial charge in [-0.1, -0.05) is 0 Å². The van der Waals surface area contributed by atoms with Crippen LogP contribution in [0.5, 0.6) is 11.6 Å². The van der Waals surface area contributed by atoms with Gasteiger partial charge in [-0.2, -0.15) is 5.26 Å². The van der Waals surface area contributed by atoms with Gasteiger partial charge in [-0.25, -0.2) is 14.4 Å². The maximum Gasteiger partial charge on any atom is 0.304 e. The molecule has 0 radical (unpaired) electrons. The number of pyridine rings is 1. The predicted octanol–water partition coefficient (Wildman–Crippen LogP) is 2.69. The van der Waals surface area contributed by atoms with Crippen LogP contribution in [0.4, 0.5) is 4.39 Å². The van der Waals surface area contributed by atoms with Gasteiger partial charge in [0.05, 0.1) is 29.6 Å². The fourth-order valence-corrected chi connectivity index (χ4v) is 2.58. The van der Waals surface area contributed by atoms with E-state index in [-0.39, 0.29) is 24.3 Å². The number of carbonyl (C=O) groups is 1. The van der Waals surface area contributed by atoms with E-state index in [0.717, 1.165) is 11.6 Å². The van der Waals surface area contributed by atoms with Gasteiger partial charge < -0.3 is 15.6 Å². The minimum atomic E-state index is -0.967. The van der Waals surface area contributed by atoms with Gasteiger partial charge in [-0.3, -0.25) is 9.78 Å². The number of rotatable bonds is 7. The summed E-state index contributed by atoms with van der Waals surface area (Å²) in [5.41, 5.74) is 7.81. The lowest BCUT2D eigenvalue weighted by Gasteiger charge is -2.10. The smallest absolute Gasteiger partial charge is 0.304 e. The normalized spacial score (nSPS) is 11.5. The molecule has 146 valence electrons. The molecule has 0 saturated carbocycles. The number of nitrogens with zero attached hydrogens (tertiary/aromatic N) is 4. The zero-order valence-electron chi connectivity index (χ0n) is 15.1. The Hall–Kier alpha value is -3.90. The second-order valence-corrected chi connectivity index (χ2v) is 6.21. The molecular weight excluding hydrogens is 377 g/mol. The van der Waals surface area contributed by atoms with Crippen LogP contribution >= 0.6 is 0 Å². The van der Waals surface area contributed by atoms with Crippen molar-refractivity contribution in [3.8, 4) is 29.0 Å². The molecule has 2 heterocycles. The Morgan fingerprint density at radius 2 is 2.03 bits per heavy atom. The van der Waals surface area contributed by atoms with Crippen molar-refractivity contribution < 1.29 is 19.0 Å². The molecule has 0 amide bonds. The van der Waals surface area contributed by atoms with Crippen molar-refractivity contribution in [2.75, 3.05) is 0 Å². The molecule has 3 N–H and O–H groups in total. The fourth-order valence-electron chi connectivity index (χ4n) is 2.58. The van der Waals surface area contributed by atoms with Gasteiger partial charge in [0, 0.05) is 30.4 Å². The second-order valence-electron chi connectivity index (χ2n) is 6.21. The first-order valence-corrected chi connectivity index (χ1v) is 8.57. The van der Waals surface area contributed by atoms with Gasteiger partial charge in [0.1, 0.15) is 11.8 Å². The van der Waals surface area contributed by atoms with Crippen LogP contribution in [0.15, 0.2) is 48.9 Å². The molecule has 0 saturated heterocycles. The van der Waals surface area contributed by atoms with E-state index in [2.05, 4.69) is 15.0 Å². The highest BCUT2D eigenvalue weighted by Crippen LogP contribution is 2.25. The third kappa shape index (κ3) is 5.31. The molecule has 3 rings (SSSR count). The van der Waals surface area contributed by atoms with Crippen LogP contribution in [-0.4, -0.2) is 32.1 Å². The Kier molecular flexibility index (Phi) is 6.06. The molecule has 9 heteroatoms. The molecule has 1 aromatic carbocycles. The predicted molar refractivity (Wildman–Crippen MR) is 100 cm³/mol. The van der Waals surface area contributed by atoms with Crippen LogP contribution in [0.3, 0.4) is 0 Å². The summed E-state index contributed by atoms with van der Waals surface area (Å²) >= 11 is 0. The first kappa shape index (κ1) is 19.9. The largest absolute Gasteiger partial charge is 0.481 e. The fraction of sp³-hybridized carbons (Fsp3) is 0.150. The first-order chi connectivity index (χ1) is 13.9. The monoisotopic (exact) mass is 393 g/mol. The van der Waals surface area contributed by atoms with Crippen molar-refractivity contribution in [3.05, 3.63) is 66.0 Å². The Bertz CT molecular complexity index is 1070. The van der Waals surface area contributed by atoms with E-state index < -0.39 is 17.8 Å². The molecule has 3 aromatic rings. The number of nitriles is 1. The molecule has 0 bridgehead atoms. The van der Waals surface area contributed by atoms with Gasteiger partial charge in [0.15, 0.2) is 5.82 Å². The van der Waals surface area contributed by atoms with Crippen LogP contribution in [-0.2, 0) is 11.2 Å². The van der Waals surface area contributed by atoms with Crippen molar-refractivity contribution >= 4 is 5.97 Å². The SMILES string of the molecule is N#Cc1cnc(Oc2ccc(-c3cncc(CC(N)CC(=O)O)n3)cc2)c(F)c1. The standard InChI is InChI=1S/C20H16FN5O3/c21-17-5-12(8-22)9-25-20(17)29-16-3-1-13(2-4-16)18-11-24-10-15(26-18)6-14(23)7-19(27)28/h1-5,9-11,14H,6-7,23H2,(H,27,28). The summed E-state index contributed by atoms with van der Waals surface area (Å²) in [6.07, 6.45) is 4.48. The van der Waals surface area contributed by atoms with Crippen LogP contribution in [0.25, 0.3) is 11.3 Å². The number of aromatic nitrogens is 3. The highest BCUT2D eigenvalue weighted by molar-refractivity contribution is 5.67. The van der Waals surface area contributed by atoms with Gasteiger partial charge >= 0.3 is 5.97 Å². The Labute approximate surface area is 165 Å². The number of carboxylic acid groups (broad SMARTS) is 1. The van der Waals surface area contributed by atoms with Gasteiger partial charge in [-0.05, 0) is 30.3 Å². The number of carboxylic acids is 1. The third-order valence-electron chi connectivity index (χ3n) is 3.89. The second kappa shape index (κ2) is 8.86. The first-order valence-electron chi connectivity index (χ1n) is 8.57. The van der Waals surface area contributed by atoms with Crippen molar-refractivity contribution in [3.63, 3.8) is 0 Å². The molecule has 8 nitrogen and oxygen atoms in total. The maximum atomic E-state index is 13.9. The minimum absolute atomic E-state index is 0.103. The molecule has 1 atom stereocenters. The van der Waals surface area contributed by atoms with Crippen LogP contribution in [0.2, 0.25) is 0 Å². The topological polar surface area (TPSA) is 135 Å². The summed E-state index contributed by atoms with van der Waals surface area (Å²) in [6.45, 7) is 0. The molecule has 0 spiro atoms. The number of ether oxygens (including phenoxy) is 1. The van der Waals surface area contributed by atoms with E-state index in [1.54, 1.807) is 42.7 Å². The Morgan fingerprint density at radius 3 is 2.69 bits per heavy atom. The van der Waals surface area contributed by atoms with E-state index in [4.69, 9.17) is 20.8 Å². The molecule has 0 aliphatic rings. The molecule has 0 aliphatic carbocycles. The summed E-state index contributed by atoms with van der Waals surface area (Å²) in [5.74, 6) is -1.57. The van der Waals surface area contributed by atoms with Gasteiger partial charge in [0.2, 0.25) is 0 Å². The highest BCUT2D eigenvalue weighted by Gasteiger charge is 2.12. The summed E-state index contributed by atoms with van der Waals surface area (Å²) in [7, 11) is 0. The molecule has 2 aromatic heterocycles. The van der Waals surface area contributed by atoms with E-state index in [9.17, 15) is 9.18 Å². The van der Waals surface area contributed by atoms with E-state index >= 15 is 0 Å². The lowest BCUT2D eigenvalue weighted by Crippen LogP contribution is -2.26. The lowest BCUT2D eigenvalue weighted by molar-refractivity contribution is -0.137. The van der Waals surface area contributed by atoms with Crippen LogP contribution in [0, 0.1) is 17.1 Å².